The molecule has 1 amide bonds. The lowest BCUT2D eigenvalue weighted by molar-refractivity contribution is 0.0269. The molecule has 2 heterocycles. The van der Waals surface area contributed by atoms with Gasteiger partial charge in [0, 0.05) is 33.1 Å². The van der Waals surface area contributed by atoms with Crippen LogP contribution in [0, 0.1) is 3.57 Å². The lowest BCUT2D eigenvalue weighted by Crippen LogP contribution is -2.35. The molecule has 2 unspecified atom stereocenters. The average molecular weight is 500 g/mol. The molecule has 1 aromatic carbocycles. The molecule has 2 aromatic rings. The Labute approximate surface area is 174 Å². The van der Waals surface area contributed by atoms with Crippen LogP contribution in [0.4, 0.5) is 4.79 Å². The van der Waals surface area contributed by atoms with Gasteiger partial charge in [0.1, 0.15) is 11.2 Å². The zero-order valence-corrected chi connectivity index (χ0v) is 17.8. The van der Waals surface area contributed by atoms with Crippen molar-refractivity contribution in [2.75, 3.05) is 13.1 Å². The van der Waals surface area contributed by atoms with Gasteiger partial charge in [0.2, 0.25) is 5.43 Å². The average Bonchev–Trinajstić information content (AvgIpc) is 2.95. The highest BCUT2D eigenvalue weighted by Gasteiger charge is 2.38. The number of nitrogens with zero attached hydrogens (tertiary/aromatic N) is 1. The van der Waals surface area contributed by atoms with E-state index in [1.807, 2.05) is 0 Å². The maximum absolute atomic E-state index is 12.4. The summed E-state index contributed by atoms with van der Waals surface area (Å²) in [6.45, 7) is 5.78. The number of hydrogen-bond donors (Lipinski definition) is 3. The van der Waals surface area contributed by atoms with Crippen LogP contribution in [0.5, 0.6) is 0 Å². The molecule has 9 heteroatoms. The molecule has 2 atom stereocenters. The number of halogens is 1. The monoisotopic (exact) mass is 500 g/mol. The summed E-state index contributed by atoms with van der Waals surface area (Å²) in [6.07, 6.45) is -0.0882. The van der Waals surface area contributed by atoms with Crippen molar-refractivity contribution in [3.05, 3.63) is 43.2 Å². The van der Waals surface area contributed by atoms with Gasteiger partial charge in [-0.1, -0.05) is 0 Å². The van der Waals surface area contributed by atoms with Gasteiger partial charge in [-0.15, -0.1) is 0 Å². The smallest absolute Gasteiger partial charge is 0.410 e. The van der Waals surface area contributed by atoms with Crippen LogP contribution in [0.25, 0.3) is 10.9 Å². The lowest BCUT2D eigenvalue weighted by atomic mass is 9.95. The molecule has 1 aliphatic heterocycles. The number of β-amino-alcohol motifs (C(OH)–C–C–N with tert-alkyl or cyclic N) is 1. The molecule has 1 aliphatic rings. The zero-order valence-electron chi connectivity index (χ0n) is 15.7. The standard InChI is InChI=1S/C19H21IN2O6/c1-19(2,3)28-18(27)22-7-12(15(23)8-22)9-5-14-10(4-13(9)20)16(24)11(6-21-14)17(25)26/h4-6,12,15,23H,7-8H2,1-3H3,(H,21,24)(H,25,26). The summed E-state index contributed by atoms with van der Waals surface area (Å²) in [5.74, 6) is -1.63. The highest BCUT2D eigenvalue weighted by molar-refractivity contribution is 14.1. The molecule has 0 bridgehead atoms. The van der Waals surface area contributed by atoms with E-state index in [1.54, 1.807) is 32.9 Å². The second kappa shape index (κ2) is 7.36. The Morgan fingerprint density at radius 1 is 1.29 bits per heavy atom. The van der Waals surface area contributed by atoms with Crippen molar-refractivity contribution in [2.45, 2.75) is 38.4 Å². The van der Waals surface area contributed by atoms with Gasteiger partial charge < -0.3 is 24.8 Å². The van der Waals surface area contributed by atoms with E-state index in [-0.39, 0.29) is 30.0 Å². The van der Waals surface area contributed by atoms with Crippen molar-refractivity contribution < 1.29 is 24.5 Å². The fourth-order valence-electron chi connectivity index (χ4n) is 3.27. The van der Waals surface area contributed by atoms with Crippen molar-refractivity contribution in [2.24, 2.45) is 0 Å². The summed E-state index contributed by atoms with van der Waals surface area (Å²) in [4.78, 5) is 40.2. The number of ether oxygens (including phenoxy) is 1. The number of pyridine rings is 1. The van der Waals surface area contributed by atoms with Crippen LogP contribution in [0.1, 0.15) is 42.6 Å². The molecule has 1 saturated heterocycles. The van der Waals surface area contributed by atoms with Crippen molar-refractivity contribution in [1.82, 2.24) is 9.88 Å². The summed E-state index contributed by atoms with van der Waals surface area (Å²) in [7, 11) is 0. The lowest BCUT2D eigenvalue weighted by Gasteiger charge is -2.24. The molecular weight excluding hydrogens is 479 g/mol. The fraction of sp³-hybridized carbons (Fsp3) is 0.421. The van der Waals surface area contributed by atoms with E-state index < -0.39 is 29.2 Å². The summed E-state index contributed by atoms with van der Waals surface area (Å²) < 4.78 is 6.09. The van der Waals surface area contributed by atoms with Gasteiger partial charge in [-0.05, 0) is 61.1 Å². The number of carbonyl (C=O) groups is 2. The largest absolute Gasteiger partial charge is 0.477 e. The second-order valence-corrected chi connectivity index (χ2v) is 8.98. The number of carbonyl (C=O) groups excluding carboxylic acids is 1. The number of benzene rings is 1. The Morgan fingerprint density at radius 3 is 2.57 bits per heavy atom. The molecule has 1 aromatic heterocycles. The van der Waals surface area contributed by atoms with Crippen molar-refractivity contribution in [1.29, 1.82) is 0 Å². The van der Waals surface area contributed by atoms with Crippen LogP contribution in [0.2, 0.25) is 0 Å². The summed E-state index contributed by atoms with van der Waals surface area (Å²) in [5, 5.41) is 19.9. The highest BCUT2D eigenvalue weighted by Crippen LogP contribution is 2.33. The number of carboxylic acids is 1. The first-order chi connectivity index (χ1) is 13.0. The van der Waals surface area contributed by atoms with Crippen LogP contribution < -0.4 is 5.43 Å². The Morgan fingerprint density at radius 2 is 1.96 bits per heavy atom. The number of aliphatic hydroxyl groups is 1. The number of aromatic carboxylic acids is 1. The van der Waals surface area contributed by atoms with E-state index in [2.05, 4.69) is 27.6 Å². The van der Waals surface area contributed by atoms with E-state index in [0.29, 0.717) is 9.09 Å². The van der Waals surface area contributed by atoms with Gasteiger partial charge in [0.15, 0.2) is 0 Å². The number of aromatic amines is 1. The molecule has 1 fully saturated rings. The third-order valence-corrected chi connectivity index (χ3v) is 5.50. The number of rotatable bonds is 2. The Bertz CT molecular complexity index is 1010. The number of amides is 1. The highest BCUT2D eigenvalue weighted by atomic mass is 127. The molecule has 0 saturated carbocycles. The molecule has 0 radical (unpaired) electrons. The van der Waals surface area contributed by atoms with Gasteiger partial charge in [0.05, 0.1) is 12.6 Å². The van der Waals surface area contributed by atoms with Gasteiger partial charge in [-0.25, -0.2) is 9.59 Å². The van der Waals surface area contributed by atoms with Crippen molar-refractivity contribution >= 4 is 45.6 Å². The molecular formula is C19H21IN2O6. The van der Waals surface area contributed by atoms with Crippen LogP contribution in [-0.2, 0) is 4.74 Å². The number of fused-ring (bicyclic) bond motifs is 1. The van der Waals surface area contributed by atoms with Crippen LogP contribution in [-0.4, -0.2) is 57.0 Å². The van der Waals surface area contributed by atoms with E-state index in [1.165, 1.54) is 11.1 Å². The van der Waals surface area contributed by atoms with Gasteiger partial charge in [-0.3, -0.25) is 4.79 Å². The SMILES string of the molecule is CC(C)(C)OC(=O)N1CC(O)C(c2cc3[nH]cc(C(=O)O)c(=O)c3cc2I)C1. The number of nitrogens with one attached hydrogen (secondary N) is 1. The summed E-state index contributed by atoms with van der Waals surface area (Å²) in [6, 6.07) is 3.34. The predicted octanol–water partition coefficient (Wildman–Crippen LogP) is 2.53. The molecule has 0 spiro atoms. The number of H-pyrrole nitrogens is 1. The third-order valence-electron chi connectivity index (χ3n) is 4.57. The van der Waals surface area contributed by atoms with E-state index >= 15 is 0 Å². The van der Waals surface area contributed by atoms with Crippen LogP contribution in [0.15, 0.2) is 23.1 Å². The summed E-state index contributed by atoms with van der Waals surface area (Å²) in [5.41, 5.74) is -0.251. The normalized spacial score (nSPS) is 19.8. The maximum atomic E-state index is 12.4. The predicted molar refractivity (Wildman–Crippen MR) is 111 cm³/mol. The Balaban J connectivity index is 1.94. The first kappa shape index (κ1) is 20.6. The molecule has 3 N–H and O–H groups in total. The zero-order chi connectivity index (χ0) is 20.8. The van der Waals surface area contributed by atoms with Gasteiger partial charge in [-0.2, -0.15) is 0 Å². The van der Waals surface area contributed by atoms with Gasteiger partial charge in [0.25, 0.3) is 0 Å². The van der Waals surface area contributed by atoms with Gasteiger partial charge >= 0.3 is 12.1 Å². The molecule has 150 valence electrons. The molecule has 3 rings (SSSR count). The van der Waals surface area contributed by atoms with Crippen molar-refractivity contribution in [3.63, 3.8) is 0 Å². The summed E-state index contributed by atoms with van der Waals surface area (Å²) >= 11 is 2.05. The number of carboxylic acid groups (broad SMARTS) is 1. The minimum Gasteiger partial charge on any atom is -0.477 e. The minimum absolute atomic E-state index is 0.155. The number of likely N-dealkylation sites (tertiary alicyclic amines) is 1. The first-order valence-corrected chi connectivity index (χ1v) is 9.80. The fourth-order valence-corrected chi connectivity index (χ4v) is 4.14. The first-order valence-electron chi connectivity index (χ1n) is 8.72. The molecule has 28 heavy (non-hydrogen) atoms. The second-order valence-electron chi connectivity index (χ2n) is 7.82. The Hall–Kier alpha value is -2.14. The van der Waals surface area contributed by atoms with E-state index in [9.17, 15) is 19.5 Å². The van der Waals surface area contributed by atoms with Crippen LogP contribution >= 0.6 is 22.6 Å². The topological polar surface area (TPSA) is 120 Å². The number of aromatic nitrogens is 1. The maximum Gasteiger partial charge on any atom is 0.410 e. The van der Waals surface area contributed by atoms with Crippen LogP contribution in [0.3, 0.4) is 0 Å². The van der Waals surface area contributed by atoms with E-state index in [4.69, 9.17) is 9.84 Å². The van der Waals surface area contributed by atoms with Crippen molar-refractivity contribution in [3.8, 4) is 0 Å². The minimum atomic E-state index is -1.29. The third kappa shape index (κ3) is 4.00. The number of hydrogen-bond acceptors (Lipinski definition) is 5. The molecule has 0 aliphatic carbocycles. The Kier molecular flexibility index (Phi) is 5.41. The number of aliphatic hydroxyl groups excluding tert-OH is 1. The molecule has 8 nitrogen and oxygen atoms in total. The quantitative estimate of drug-likeness (QED) is 0.546. The van der Waals surface area contributed by atoms with E-state index in [0.717, 1.165) is 5.56 Å².